The summed E-state index contributed by atoms with van der Waals surface area (Å²) in [5, 5.41) is 8.48. The minimum atomic E-state index is -3.75. The Morgan fingerprint density at radius 1 is 1.07 bits per heavy atom. The Bertz CT molecular complexity index is 1050. The third-order valence-electron chi connectivity index (χ3n) is 3.83. The Kier molecular flexibility index (Phi) is 5.24. The Balaban J connectivity index is 1.50. The molecular formula is C18H17N3O5S. The number of aromatic amines is 1. The van der Waals surface area contributed by atoms with E-state index in [1.807, 2.05) is 24.3 Å². The van der Waals surface area contributed by atoms with Gasteiger partial charge in [0.1, 0.15) is 5.69 Å². The number of carbonyl (C=O) groups excluding carboxylic acids is 2. The summed E-state index contributed by atoms with van der Waals surface area (Å²) >= 11 is 0. The number of nitrogens with two attached hydrogens (primary N) is 1. The largest absolute Gasteiger partial charge is 0.451 e. The number of rotatable bonds is 6. The zero-order chi connectivity index (χ0) is 19.4. The number of hydrogen-bond acceptors (Lipinski definition) is 5. The molecule has 0 radical (unpaired) electrons. The number of sulfonamides is 1. The van der Waals surface area contributed by atoms with E-state index in [4.69, 9.17) is 9.88 Å². The SMILES string of the molecule is NS(=O)(=O)c1ccc(CNC(=O)COC(=O)c2cc3ccccc3[nH]2)cc1. The number of nitrogens with one attached hydrogen (secondary N) is 2. The predicted octanol–water partition coefficient (Wildman–Crippen LogP) is 1.29. The van der Waals surface area contributed by atoms with Crippen LogP contribution >= 0.6 is 0 Å². The molecule has 0 spiro atoms. The lowest BCUT2D eigenvalue weighted by Gasteiger charge is -2.07. The van der Waals surface area contributed by atoms with Gasteiger partial charge < -0.3 is 15.0 Å². The first-order chi connectivity index (χ1) is 12.8. The van der Waals surface area contributed by atoms with E-state index in [1.165, 1.54) is 24.3 Å². The molecule has 3 aromatic rings. The summed E-state index contributed by atoms with van der Waals surface area (Å²) in [5.41, 5.74) is 1.75. The van der Waals surface area contributed by atoms with E-state index >= 15 is 0 Å². The Morgan fingerprint density at radius 3 is 2.44 bits per heavy atom. The smallest absolute Gasteiger partial charge is 0.355 e. The standard InChI is InChI=1S/C18H17N3O5S/c19-27(24,25)14-7-5-12(6-8-14)10-20-17(22)11-26-18(23)16-9-13-3-1-2-4-15(13)21-16/h1-9,21H,10-11H2,(H,20,22)(H2,19,24,25). The molecule has 0 unspecified atom stereocenters. The van der Waals surface area contributed by atoms with E-state index in [2.05, 4.69) is 10.3 Å². The van der Waals surface area contributed by atoms with Gasteiger partial charge in [-0.2, -0.15) is 0 Å². The molecule has 140 valence electrons. The molecule has 9 heteroatoms. The van der Waals surface area contributed by atoms with Gasteiger partial charge in [-0.25, -0.2) is 18.4 Å². The predicted molar refractivity (Wildman–Crippen MR) is 98.2 cm³/mol. The summed E-state index contributed by atoms with van der Waals surface area (Å²) in [6.45, 7) is -0.267. The topological polar surface area (TPSA) is 131 Å². The van der Waals surface area contributed by atoms with Gasteiger partial charge in [-0.05, 0) is 29.8 Å². The summed E-state index contributed by atoms with van der Waals surface area (Å²) < 4.78 is 27.4. The van der Waals surface area contributed by atoms with Crippen LogP contribution in [0.25, 0.3) is 10.9 Å². The van der Waals surface area contributed by atoms with Gasteiger partial charge >= 0.3 is 5.97 Å². The average molecular weight is 387 g/mol. The van der Waals surface area contributed by atoms with Gasteiger partial charge in [-0.15, -0.1) is 0 Å². The van der Waals surface area contributed by atoms with Crippen LogP contribution in [0.5, 0.6) is 0 Å². The normalized spacial score (nSPS) is 11.3. The maximum absolute atomic E-state index is 12.0. The molecule has 8 nitrogen and oxygen atoms in total. The van der Waals surface area contributed by atoms with Crippen LogP contribution in [0.2, 0.25) is 0 Å². The number of ether oxygens (including phenoxy) is 1. The fourth-order valence-electron chi connectivity index (χ4n) is 2.44. The van der Waals surface area contributed by atoms with Crippen LogP contribution in [0.3, 0.4) is 0 Å². The molecule has 0 atom stereocenters. The van der Waals surface area contributed by atoms with E-state index in [0.29, 0.717) is 5.56 Å². The van der Waals surface area contributed by atoms with Crippen LogP contribution in [0, 0.1) is 0 Å². The first-order valence-electron chi connectivity index (χ1n) is 7.96. The average Bonchev–Trinajstić information content (AvgIpc) is 3.08. The number of carbonyl (C=O) groups is 2. The molecule has 0 aliphatic carbocycles. The number of fused-ring (bicyclic) bond motifs is 1. The van der Waals surface area contributed by atoms with Crippen LogP contribution in [-0.4, -0.2) is 31.9 Å². The third kappa shape index (κ3) is 4.72. The number of amides is 1. The molecule has 0 fully saturated rings. The summed E-state index contributed by atoms with van der Waals surface area (Å²) in [4.78, 5) is 26.8. The van der Waals surface area contributed by atoms with Crippen molar-refractivity contribution >= 4 is 32.8 Å². The number of hydrogen-bond donors (Lipinski definition) is 3. The molecule has 3 rings (SSSR count). The molecule has 0 aliphatic heterocycles. The van der Waals surface area contributed by atoms with E-state index in [1.54, 1.807) is 6.07 Å². The quantitative estimate of drug-likeness (QED) is 0.549. The highest BCUT2D eigenvalue weighted by Crippen LogP contribution is 2.15. The van der Waals surface area contributed by atoms with Gasteiger partial charge in [0.2, 0.25) is 10.0 Å². The van der Waals surface area contributed by atoms with Crippen LogP contribution in [-0.2, 0) is 26.1 Å². The molecule has 0 aliphatic rings. The van der Waals surface area contributed by atoms with Gasteiger partial charge in [-0.3, -0.25) is 4.79 Å². The Labute approximate surface area is 155 Å². The van der Waals surface area contributed by atoms with E-state index in [0.717, 1.165) is 10.9 Å². The summed E-state index contributed by atoms with van der Waals surface area (Å²) in [5.74, 6) is -1.10. The van der Waals surface area contributed by atoms with E-state index < -0.39 is 28.5 Å². The lowest BCUT2D eigenvalue weighted by atomic mass is 10.2. The summed E-state index contributed by atoms with van der Waals surface area (Å²) in [7, 11) is -3.75. The molecule has 27 heavy (non-hydrogen) atoms. The molecule has 0 saturated heterocycles. The molecule has 4 N–H and O–H groups in total. The molecule has 2 aromatic carbocycles. The lowest BCUT2D eigenvalue weighted by Crippen LogP contribution is -2.28. The van der Waals surface area contributed by atoms with Crippen LogP contribution in [0.1, 0.15) is 16.1 Å². The van der Waals surface area contributed by atoms with Crippen molar-refractivity contribution in [3.63, 3.8) is 0 Å². The van der Waals surface area contributed by atoms with E-state index in [-0.39, 0.29) is 17.1 Å². The van der Waals surface area contributed by atoms with Gasteiger partial charge in [0, 0.05) is 17.4 Å². The molecule has 0 bridgehead atoms. The van der Waals surface area contributed by atoms with Crippen molar-refractivity contribution in [3.8, 4) is 0 Å². The zero-order valence-corrected chi connectivity index (χ0v) is 15.0. The van der Waals surface area contributed by atoms with Crippen LogP contribution in [0.15, 0.2) is 59.5 Å². The molecule has 1 heterocycles. The van der Waals surface area contributed by atoms with Crippen molar-refractivity contribution in [1.29, 1.82) is 0 Å². The second kappa shape index (κ2) is 7.60. The Hall–Kier alpha value is -3.17. The van der Waals surface area contributed by atoms with Crippen molar-refractivity contribution in [2.75, 3.05) is 6.61 Å². The molecular weight excluding hydrogens is 370 g/mol. The minimum Gasteiger partial charge on any atom is -0.451 e. The number of para-hydroxylation sites is 1. The zero-order valence-electron chi connectivity index (χ0n) is 14.1. The fourth-order valence-corrected chi connectivity index (χ4v) is 2.96. The second-order valence-corrected chi connectivity index (χ2v) is 7.37. The fraction of sp³-hybridized carbons (Fsp3) is 0.111. The summed E-state index contributed by atoms with van der Waals surface area (Å²) in [6.07, 6.45) is 0. The number of benzene rings is 2. The molecule has 0 saturated carbocycles. The first-order valence-corrected chi connectivity index (χ1v) is 9.51. The van der Waals surface area contributed by atoms with Gasteiger partial charge in [0.05, 0.1) is 4.90 Å². The molecule has 1 amide bonds. The highest BCUT2D eigenvalue weighted by molar-refractivity contribution is 7.89. The van der Waals surface area contributed by atoms with Crippen molar-refractivity contribution in [2.24, 2.45) is 5.14 Å². The number of esters is 1. The highest BCUT2D eigenvalue weighted by Gasteiger charge is 2.13. The summed E-state index contributed by atoms with van der Waals surface area (Å²) in [6, 6.07) is 14.8. The number of primary sulfonamides is 1. The number of H-pyrrole nitrogens is 1. The molecule has 1 aromatic heterocycles. The van der Waals surface area contributed by atoms with Crippen LogP contribution in [0.4, 0.5) is 0 Å². The van der Waals surface area contributed by atoms with Crippen LogP contribution < -0.4 is 10.5 Å². The van der Waals surface area contributed by atoms with Crippen molar-refractivity contribution in [2.45, 2.75) is 11.4 Å². The van der Waals surface area contributed by atoms with Crippen molar-refractivity contribution in [1.82, 2.24) is 10.3 Å². The maximum atomic E-state index is 12.0. The maximum Gasteiger partial charge on any atom is 0.355 e. The lowest BCUT2D eigenvalue weighted by molar-refractivity contribution is -0.124. The van der Waals surface area contributed by atoms with Gasteiger partial charge in [-0.1, -0.05) is 30.3 Å². The highest BCUT2D eigenvalue weighted by atomic mass is 32.2. The second-order valence-electron chi connectivity index (χ2n) is 5.81. The van der Waals surface area contributed by atoms with Crippen molar-refractivity contribution in [3.05, 3.63) is 65.9 Å². The van der Waals surface area contributed by atoms with Crippen molar-refractivity contribution < 1.29 is 22.7 Å². The Morgan fingerprint density at radius 2 is 1.78 bits per heavy atom. The third-order valence-corrected chi connectivity index (χ3v) is 4.76. The first kappa shape index (κ1) is 18.6. The van der Waals surface area contributed by atoms with E-state index in [9.17, 15) is 18.0 Å². The number of aromatic nitrogens is 1. The monoisotopic (exact) mass is 387 g/mol. The van der Waals surface area contributed by atoms with Gasteiger partial charge in [0.15, 0.2) is 6.61 Å². The van der Waals surface area contributed by atoms with Gasteiger partial charge in [0.25, 0.3) is 5.91 Å². The minimum absolute atomic E-state index is 0.00941.